The highest BCUT2D eigenvalue weighted by Crippen LogP contribution is 2.22. The molecule has 1 rings (SSSR count). The van der Waals surface area contributed by atoms with Crippen molar-refractivity contribution in [1.29, 1.82) is 0 Å². The van der Waals surface area contributed by atoms with E-state index in [0.29, 0.717) is 5.02 Å². The summed E-state index contributed by atoms with van der Waals surface area (Å²) in [6.07, 6.45) is 0. The molecule has 0 saturated heterocycles. The predicted molar refractivity (Wildman–Crippen MR) is 54.8 cm³/mol. The number of aliphatic hydroxyl groups is 1. The maximum absolute atomic E-state index is 8.85. The second-order valence-electron chi connectivity index (χ2n) is 2.35. The van der Waals surface area contributed by atoms with Gasteiger partial charge in [0.1, 0.15) is 0 Å². The lowest BCUT2D eigenvalue weighted by atomic mass is 10.2. The summed E-state index contributed by atoms with van der Waals surface area (Å²) in [6, 6.07) is 3.77. The molecule has 1 aromatic rings. The number of hydrogen-bond acceptors (Lipinski definition) is 1. The van der Waals surface area contributed by atoms with E-state index in [0.717, 1.165) is 14.7 Å². The van der Waals surface area contributed by atoms with Crippen LogP contribution in [0.15, 0.2) is 12.1 Å². The summed E-state index contributed by atoms with van der Waals surface area (Å²) in [5.41, 5.74) is 1.94. The van der Waals surface area contributed by atoms with Crippen molar-refractivity contribution in [3.05, 3.63) is 31.9 Å². The lowest BCUT2D eigenvalue weighted by Crippen LogP contribution is -1.88. The van der Waals surface area contributed by atoms with E-state index >= 15 is 0 Å². The fraction of sp³-hybridized carbons (Fsp3) is 0.250. The molecule has 0 fully saturated rings. The Morgan fingerprint density at radius 3 is 2.73 bits per heavy atom. The summed E-state index contributed by atoms with van der Waals surface area (Å²) < 4.78 is 1.14. The third-order valence-corrected chi connectivity index (χ3v) is 3.01. The Labute approximate surface area is 84.5 Å². The van der Waals surface area contributed by atoms with Crippen LogP contribution in [0.3, 0.4) is 0 Å². The molecule has 0 aromatic heterocycles. The molecule has 1 N–H and O–H groups in total. The smallest absolute Gasteiger partial charge is 0.0696 e. The molecule has 0 radical (unpaired) electrons. The topological polar surface area (TPSA) is 20.2 Å². The third-order valence-electron chi connectivity index (χ3n) is 1.50. The Hall–Kier alpha value is 0.200. The molecular formula is C8H8ClIO. The van der Waals surface area contributed by atoms with Gasteiger partial charge in [-0.2, -0.15) is 0 Å². The molecule has 0 bridgehead atoms. The van der Waals surface area contributed by atoms with Gasteiger partial charge in [-0.05, 0) is 52.8 Å². The highest BCUT2D eigenvalue weighted by atomic mass is 127. The Kier molecular flexibility index (Phi) is 3.16. The van der Waals surface area contributed by atoms with Gasteiger partial charge in [-0.3, -0.25) is 0 Å². The maximum atomic E-state index is 8.85. The molecule has 0 aliphatic rings. The van der Waals surface area contributed by atoms with E-state index in [1.54, 1.807) is 0 Å². The van der Waals surface area contributed by atoms with E-state index < -0.39 is 0 Å². The third kappa shape index (κ3) is 2.07. The first-order valence-corrected chi connectivity index (χ1v) is 4.66. The second-order valence-corrected chi connectivity index (χ2v) is 3.92. The zero-order valence-electron chi connectivity index (χ0n) is 6.06. The molecule has 0 heterocycles. The van der Waals surface area contributed by atoms with Crippen molar-refractivity contribution < 1.29 is 5.11 Å². The van der Waals surface area contributed by atoms with Crippen LogP contribution in [-0.2, 0) is 6.61 Å². The monoisotopic (exact) mass is 282 g/mol. The van der Waals surface area contributed by atoms with Gasteiger partial charge in [-0.1, -0.05) is 11.6 Å². The van der Waals surface area contributed by atoms with Crippen LogP contribution in [0.25, 0.3) is 0 Å². The number of rotatable bonds is 1. The van der Waals surface area contributed by atoms with Gasteiger partial charge in [-0.15, -0.1) is 0 Å². The summed E-state index contributed by atoms with van der Waals surface area (Å²) in [6.45, 7) is 2.00. The summed E-state index contributed by atoms with van der Waals surface area (Å²) in [4.78, 5) is 0. The zero-order chi connectivity index (χ0) is 8.43. The van der Waals surface area contributed by atoms with Gasteiger partial charge in [-0.25, -0.2) is 0 Å². The highest BCUT2D eigenvalue weighted by Gasteiger charge is 2.01. The minimum absolute atomic E-state index is 0.00904. The lowest BCUT2D eigenvalue weighted by Gasteiger charge is -2.03. The van der Waals surface area contributed by atoms with E-state index in [2.05, 4.69) is 22.6 Å². The normalized spacial score (nSPS) is 10.2. The van der Waals surface area contributed by atoms with Gasteiger partial charge in [0.25, 0.3) is 0 Å². The Morgan fingerprint density at radius 2 is 2.18 bits per heavy atom. The zero-order valence-corrected chi connectivity index (χ0v) is 8.98. The summed E-state index contributed by atoms with van der Waals surface area (Å²) >= 11 is 8.06. The average molecular weight is 283 g/mol. The number of benzene rings is 1. The number of hydrogen-bond donors (Lipinski definition) is 1. The fourth-order valence-corrected chi connectivity index (χ4v) is 1.62. The van der Waals surface area contributed by atoms with E-state index in [-0.39, 0.29) is 6.61 Å². The Bertz CT molecular complexity index is 273. The quantitative estimate of drug-likeness (QED) is 0.785. The molecule has 0 aliphatic carbocycles. The second kappa shape index (κ2) is 3.74. The number of aliphatic hydroxyl groups excluding tert-OH is 1. The molecule has 0 spiro atoms. The molecule has 1 aromatic carbocycles. The molecule has 3 heteroatoms. The van der Waals surface area contributed by atoms with Crippen LogP contribution in [-0.4, -0.2) is 5.11 Å². The molecule has 0 atom stereocenters. The number of aryl methyl sites for hydroxylation is 1. The van der Waals surface area contributed by atoms with Gasteiger partial charge < -0.3 is 5.11 Å². The van der Waals surface area contributed by atoms with Gasteiger partial charge in [0.2, 0.25) is 0 Å². The Balaban J connectivity index is 3.21. The maximum Gasteiger partial charge on any atom is 0.0696 e. The van der Waals surface area contributed by atoms with Crippen LogP contribution in [0, 0.1) is 10.5 Å². The number of halogens is 2. The molecule has 0 unspecified atom stereocenters. The first-order chi connectivity index (χ1) is 5.15. The van der Waals surface area contributed by atoms with Gasteiger partial charge >= 0.3 is 0 Å². The van der Waals surface area contributed by atoms with Crippen molar-refractivity contribution in [3.8, 4) is 0 Å². The van der Waals surface area contributed by atoms with E-state index in [4.69, 9.17) is 16.7 Å². The van der Waals surface area contributed by atoms with E-state index in [1.807, 2.05) is 19.1 Å². The van der Waals surface area contributed by atoms with Gasteiger partial charge in [0.05, 0.1) is 6.61 Å². The first kappa shape index (κ1) is 9.29. The van der Waals surface area contributed by atoms with Crippen molar-refractivity contribution in [2.75, 3.05) is 0 Å². The average Bonchev–Trinajstić information content (AvgIpc) is 1.97. The molecule has 1 nitrogen and oxygen atoms in total. The molecule has 0 saturated carbocycles. The highest BCUT2D eigenvalue weighted by molar-refractivity contribution is 14.1. The summed E-state index contributed by atoms with van der Waals surface area (Å²) in [5, 5.41) is 9.49. The lowest BCUT2D eigenvalue weighted by molar-refractivity contribution is 0.282. The fourth-order valence-electron chi connectivity index (χ4n) is 0.809. The summed E-state index contributed by atoms with van der Waals surface area (Å²) in [7, 11) is 0. The minimum atomic E-state index is 0.00904. The molecule has 11 heavy (non-hydrogen) atoms. The van der Waals surface area contributed by atoms with Crippen molar-refractivity contribution >= 4 is 34.2 Å². The minimum Gasteiger partial charge on any atom is -0.392 e. The Morgan fingerprint density at radius 1 is 1.55 bits per heavy atom. The largest absolute Gasteiger partial charge is 0.392 e. The first-order valence-electron chi connectivity index (χ1n) is 3.20. The van der Waals surface area contributed by atoms with Crippen LogP contribution in [0.5, 0.6) is 0 Å². The van der Waals surface area contributed by atoms with Crippen molar-refractivity contribution in [2.45, 2.75) is 13.5 Å². The van der Waals surface area contributed by atoms with Gasteiger partial charge in [0.15, 0.2) is 0 Å². The van der Waals surface area contributed by atoms with Crippen LogP contribution in [0.2, 0.25) is 5.02 Å². The van der Waals surface area contributed by atoms with E-state index in [1.165, 1.54) is 0 Å². The molecule has 60 valence electrons. The van der Waals surface area contributed by atoms with Crippen molar-refractivity contribution in [2.24, 2.45) is 0 Å². The molecule has 0 amide bonds. The van der Waals surface area contributed by atoms with Crippen LogP contribution in [0.4, 0.5) is 0 Å². The van der Waals surface area contributed by atoms with Gasteiger partial charge in [0, 0.05) is 8.59 Å². The molecule has 0 aliphatic heterocycles. The van der Waals surface area contributed by atoms with Crippen LogP contribution in [0.1, 0.15) is 11.1 Å². The predicted octanol–water partition coefficient (Wildman–Crippen LogP) is 2.75. The summed E-state index contributed by atoms with van der Waals surface area (Å²) in [5.74, 6) is 0. The van der Waals surface area contributed by atoms with Crippen molar-refractivity contribution in [3.63, 3.8) is 0 Å². The van der Waals surface area contributed by atoms with Crippen molar-refractivity contribution in [1.82, 2.24) is 0 Å². The molecular weight excluding hydrogens is 274 g/mol. The standard InChI is InChI=1S/C8H8ClIO/c1-5-2-7(9)6(4-11)3-8(5)10/h2-3,11H,4H2,1H3. The SMILES string of the molecule is Cc1cc(Cl)c(CO)cc1I. The van der Waals surface area contributed by atoms with Crippen LogP contribution < -0.4 is 0 Å². The van der Waals surface area contributed by atoms with E-state index in [9.17, 15) is 0 Å². The van der Waals surface area contributed by atoms with Crippen LogP contribution >= 0.6 is 34.2 Å².